The summed E-state index contributed by atoms with van der Waals surface area (Å²) < 4.78 is 2.91. The number of carbonyl (C=O) groups excluding carboxylic acids is 2. The van der Waals surface area contributed by atoms with Crippen LogP contribution in [0, 0.1) is 13.8 Å². The zero-order valence-corrected chi connectivity index (χ0v) is 15.8. The van der Waals surface area contributed by atoms with Gasteiger partial charge in [-0.05, 0) is 51.5 Å². The highest BCUT2D eigenvalue weighted by molar-refractivity contribution is 9.10. The minimum atomic E-state index is -0.878. The first-order valence-corrected chi connectivity index (χ1v) is 8.55. The molecule has 128 valence electrons. The predicted octanol–water partition coefficient (Wildman–Crippen LogP) is 3.40. The lowest BCUT2D eigenvalue weighted by Gasteiger charge is -2.17. The Bertz CT molecular complexity index is 781. The van der Waals surface area contributed by atoms with E-state index < -0.39 is 11.9 Å². The van der Waals surface area contributed by atoms with Gasteiger partial charge >= 0.3 is 0 Å². The molecule has 0 fully saturated rings. The highest BCUT2D eigenvalue weighted by Crippen LogP contribution is 2.22. The van der Waals surface area contributed by atoms with Gasteiger partial charge in [0.25, 0.3) is 5.91 Å². The summed E-state index contributed by atoms with van der Waals surface area (Å²) in [6.07, 6.45) is 0. The SMILES string of the molecule is Cc1cc(C(=O)NC(C(N)=O)c2cccc(Br)c2)c(C)n1C(C)C. The fraction of sp³-hybridized carbons (Fsp3) is 0.333. The van der Waals surface area contributed by atoms with Gasteiger partial charge in [0.15, 0.2) is 0 Å². The molecule has 0 saturated carbocycles. The summed E-state index contributed by atoms with van der Waals surface area (Å²) in [6, 6.07) is 8.39. The lowest BCUT2D eigenvalue weighted by Crippen LogP contribution is -2.37. The van der Waals surface area contributed by atoms with E-state index >= 15 is 0 Å². The molecular weight excluding hydrogens is 370 g/mol. The molecule has 2 rings (SSSR count). The first-order chi connectivity index (χ1) is 11.2. The van der Waals surface area contributed by atoms with Gasteiger partial charge in [-0.1, -0.05) is 28.1 Å². The summed E-state index contributed by atoms with van der Waals surface area (Å²) in [6.45, 7) is 7.99. The van der Waals surface area contributed by atoms with Crippen molar-refractivity contribution < 1.29 is 9.59 Å². The Balaban J connectivity index is 2.33. The number of halogens is 1. The van der Waals surface area contributed by atoms with Crippen molar-refractivity contribution >= 4 is 27.7 Å². The predicted molar refractivity (Wildman–Crippen MR) is 97.8 cm³/mol. The van der Waals surface area contributed by atoms with Crippen molar-refractivity contribution in [1.29, 1.82) is 0 Å². The summed E-state index contributed by atoms with van der Waals surface area (Å²) in [4.78, 5) is 24.5. The minimum absolute atomic E-state index is 0.253. The third-order valence-electron chi connectivity index (χ3n) is 3.99. The third kappa shape index (κ3) is 3.70. The van der Waals surface area contributed by atoms with Gasteiger partial charge in [-0.25, -0.2) is 0 Å². The Labute approximate surface area is 150 Å². The van der Waals surface area contributed by atoms with Crippen molar-refractivity contribution in [2.45, 2.75) is 39.8 Å². The van der Waals surface area contributed by atoms with Crippen LogP contribution >= 0.6 is 15.9 Å². The molecule has 0 aliphatic heterocycles. The number of aromatic nitrogens is 1. The van der Waals surface area contributed by atoms with Crippen molar-refractivity contribution in [2.24, 2.45) is 5.73 Å². The fourth-order valence-electron chi connectivity index (χ4n) is 3.02. The average molecular weight is 392 g/mol. The molecule has 5 nitrogen and oxygen atoms in total. The number of nitrogens with one attached hydrogen (secondary N) is 1. The number of carbonyl (C=O) groups is 2. The number of hydrogen-bond donors (Lipinski definition) is 2. The number of hydrogen-bond acceptors (Lipinski definition) is 2. The minimum Gasteiger partial charge on any atom is -0.368 e. The molecule has 6 heteroatoms. The van der Waals surface area contributed by atoms with E-state index in [0.29, 0.717) is 11.1 Å². The zero-order chi connectivity index (χ0) is 18.0. The van der Waals surface area contributed by atoms with Crippen LogP contribution in [0.4, 0.5) is 0 Å². The Morgan fingerprint density at radius 3 is 2.38 bits per heavy atom. The van der Waals surface area contributed by atoms with E-state index in [1.54, 1.807) is 18.2 Å². The molecule has 1 heterocycles. The van der Waals surface area contributed by atoms with Gasteiger partial charge in [0.05, 0.1) is 5.56 Å². The molecule has 0 spiro atoms. The summed E-state index contributed by atoms with van der Waals surface area (Å²) in [5.41, 5.74) is 8.57. The lowest BCUT2D eigenvalue weighted by atomic mass is 10.1. The molecule has 1 unspecified atom stereocenters. The molecule has 24 heavy (non-hydrogen) atoms. The second kappa shape index (κ2) is 7.21. The molecule has 1 aromatic carbocycles. The quantitative estimate of drug-likeness (QED) is 0.818. The third-order valence-corrected chi connectivity index (χ3v) is 4.48. The van der Waals surface area contributed by atoms with E-state index in [1.807, 2.05) is 26.0 Å². The van der Waals surface area contributed by atoms with Gasteiger partial charge in [0.2, 0.25) is 5.91 Å². The largest absolute Gasteiger partial charge is 0.368 e. The molecule has 0 radical (unpaired) electrons. The zero-order valence-electron chi connectivity index (χ0n) is 14.3. The van der Waals surface area contributed by atoms with Crippen LogP contribution in [-0.4, -0.2) is 16.4 Å². The van der Waals surface area contributed by atoms with Crippen molar-refractivity contribution in [1.82, 2.24) is 9.88 Å². The van der Waals surface area contributed by atoms with Crippen molar-refractivity contribution in [3.63, 3.8) is 0 Å². The van der Waals surface area contributed by atoms with Gasteiger partial charge < -0.3 is 15.6 Å². The highest BCUT2D eigenvalue weighted by atomic mass is 79.9. The highest BCUT2D eigenvalue weighted by Gasteiger charge is 2.24. The number of primary amides is 1. The van der Waals surface area contributed by atoms with Gasteiger partial charge in [-0.3, -0.25) is 9.59 Å². The molecule has 0 saturated heterocycles. The molecule has 1 aromatic heterocycles. The van der Waals surface area contributed by atoms with E-state index in [2.05, 4.69) is 39.7 Å². The molecule has 2 amide bonds. The Morgan fingerprint density at radius 2 is 1.88 bits per heavy atom. The number of rotatable bonds is 5. The van der Waals surface area contributed by atoms with E-state index in [-0.39, 0.29) is 11.9 Å². The van der Waals surface area contributed by atoms with E-state index in [0.717, 1.165) is 15.9 Å². The van der Waals surface area contributed by atoms with Crippen molar-refractivity contribution in [3.8, 4) is 0 Å². The molecular formula is C18H22BrN3O2. The molecule has 0 aliphatic rings. The Morgan fingerprint density at radius 1 is 1.21 bits per heavy atom. The van der Waals surface area contributed by atoms with Crippen LogP contribution in [0.3, 0.4) is 0 Å². The van der Waals surface area contributed by atoms with Crippen LogP contribution in [0.2, 0.25) is 0 Å². The monoisotopic (exact) mass is 391 g/mol. The topological polar surface area (TPSA) is 77.1 Å². The van der Waals surface area contributed by atoms with Gasteiger partial charge in [0, 0.05) is 21.9 Å². The van der Waals surface area contributed by atoms with Crippen LogP contribution in [0.5, 0.6) is 0 Å². The van der Waals surface area contributed by atoms with Gasteiger partial charge in [0.1, 0.15) is 6.04 Å². The Hall–Kier alpha value is -2.08. The summed E-state index contributed by atoms with van der Waals surface area (Å²) in [7, 11) is 0. The normalized spacial score (nSPS) is 12.2. The van der Waals surface area contributed by atoms with E-state index in [1.165, 1.54) is 0 Å². The molecule has 3 N–H and O–H groups in total. The number of nitrogens with zero attached hydrogens (tertiary/aromatic N) is 1. The van der Waals surface area contributed by atoms with Crippen molar-refractivity contribution in [2.75, 3.05) is 0 Å². The van der Waals surface area contributed by atoms with Crippen LogP contribution in [-0.2, 0) is 4.79 Å². The van der Waals surface area contributed by atoms with E-state index in [4.69, 9.17) is 5.73 Å². The number of aryl methyl sites for hydroxylation is 1. The standard InChI is InChI=1S/C18H22BrN3O2/c1-10(2)22-11(3)8-15(12(22)4)18(24)21-16(17(20)23)13-6-5-7-14(19)9-13/h5-10,16H,1-4H3,(H2,20,23)(H,21,24). The summed E-state index contributed by atoms with van der Waals surface area (Å²) in [5, 5.41) is 2.75. The van der Waals surface area contributed by atoms with Crippen LogP contribution in [0.25, 0.3) is 0 Å². The fourth-order valence-corrected chi connectivity index (χ4v) is 3.43. The summed E-state index contributed by atoms with van der Waals surface area (Å²) in [5.74, 6) is -0.905. The summed E-state index contributed by atoms with van der Waals surface area (Å²) >= 11 is 3.36. The second-order valence-electron chi connectivity index (χ2n) is 6.11. The van der Waals surface area contributed by atoms with E-state index in [9.17, 15) is 9.59 Å². The lowest BCUT2D eigenvalue weighted by molar-refractivity contribution is -0.120. The maximum Gasteiger partial charge on any atom is 0.254 e. The molecule has 1 atom stereocenters. The second-order valence-corrected chi connectivity index (χ2v) is 7.03. The first-order valence-electron chi connectivity index (χ1n) is 7.76. The maximum atomic E-state index is 12.7. The van der Waals surface area contributed by atoms with Gasteiger partial charge in [-0.15, -0.1) is 0 Å². The van der Waals surface area contributed by atoms with Gasteiger partial charge in [-0.2, -0.15) is 0 Å². The molecule has 2 aromatic rings. The molecule has 0 aliphatic carbocycles. The average Bonchev–Trinajstić information content (AvgIpc) is 2.79. The van der Waals surface area contributed by atoms with Crippen LogP contribution in [0.1, 0.15) is 53.2 Å². The number of amides is 2. The number of nitrogens with two attached hydrogens (primary N) is 1. The van der Waals surface area contributed by atoms with Crippen LogP contribution < -0.4 is 11.1 Å². The molecule has 0 bridgehead atoms. The first kappa shape index (κ1) is 18.3. The smallest absolute Gasteiger partial charge is 0.254 e. The van der Waals surface area contributed by atoms with Crippen molar-refractivity contribution in [3.05, 3.63) is 57.3 Å². The van der Waals surface area contributed by atoms with Crippen LogP contribution in [0.15, 0.2) is 34.8 Å². The number of benzene rings is 1. The Kier molecular flexibility index (Phi) is 5.49. The maximum absolute atomic E-state index is 12.7.